The van der Waals surface area contributed by atoms with E-state index in [9.17, 15) is 5.11 Å². The summed E-state index contributed by atoms with van der Waals surface area (Å²) in [5, 5.41) is 10.0. The molecule has 2 heterocycles. The maximum absolute atomic E-state index is 10.0. The van der Waals surface area contributed by atoms with Crippen molar-refractivity contribution in [3.63, 3.8) is 0 Å². The molecule has 3 rings (SSSR count). The number of hydrogen-bond donors (Lipinski definition) is 1. The molecule has 0 spiro atoms. The molecule has 0 bridgehead atoms. The summed E-state index contributed by atoms with van der Waals surface area (Å²) in [5.41, 5.74) is 1.09. The summed E-state index contributed by atoms with van der Waals surface area (Å²) in [4.78, 5) is 0. The molecular weight excluding hydrogens is 272 g/mol. The highest BCUT2D eigenvalue weighted by molar-refractivity contribution is 5.13. The van der Waals surface area contributed by atoms with Crippen LogP contribution in [0.3, 0.4) is 0 Å². The van der Waals surface area contributed by atoms with Crippen molar-refractivity contribution in [1.29, 1.82) is 0 Å². The van der Waals surface area contributed by atoms with Gasteiger partial charge in [0, 0.05) is 0 Å². The van der Waals surface area contributed by atoms with E-state index in [1.807, 2.05) is 51.1 Å². The number of aliphatic hydroxyl groups is 1. The molecule has 2 fully saturated rings. The molecule has 2 saturated heterocycles. The summed E-state index contributed by atoms with van der Waals surface area (Å²) in [6.45, 7) is 6.01. The molecular formula is C16H22O5. The summed E-state index contributed by atoms with van der Waals surface area (Å²) < 4.78 is 23.1. The van der Waals surface area contributed by atoms with E-state index in [4.69, 9.17) is 18.9 Å². The van der Waals surface area contributed by atoms with Crippen LogP contribution in [0.15, 0.2) is 30.3 Å². The van der Waals surface area contributed by atoms with Crippen molar-refractivity contribution in [3.8, 4) is 0 Å². The van der Waals surface area contributed by atoms with Crippen LogP contribution in [0.4, 0.5) is 0 Å². The van der Waals surface area contributed by atoms with Crippen molar-refractivity contribution in [1.82, 2.24) is 0 Å². The van der Waals surface area contributed by atoms with Crippen LogP contribution in [0.1, 0.15) is 26.3 Å². The Hall–Kier alpha value is -0.980. The summed E-state index contributed by atoms with van der Waals surface area (Å²) >= 11 is 0. The Morgan fingerprint density at radius 2 is 1.81 bits per heavy atom. The Labute approximate surface area is 124 Å². The van der Waals surface area contributed by atoms with E-state index in [1.165, 1.54) is 0 Å². The first-order valence-electron chi connectivity index (χ1n) is 7.31. The van der Waals surface area contributed by atoms with Gasteiger partial charge in [0.2, 0.25) is 0 Å². The molecule has 5 unspecified atom stereocenters. The largest absolute Gasteiger partial charge is 0.368 e. The zero-order valence-corrected chi connectivity index (χ0v) is 12.6. The molecule has 2 aliphatic heterocycles. The minimum absolute atomic E-state index is 0.262. The van der Waals surface area contributed by atoms with Gasteiger partial charge >= 0.3 is 0 Å². The zero-order chi connectivity index (χ0) is 15.0. The van der Waals surface area contributed by atoms with E-state index in [2.05, 4.69) is 0 Å². The molecule has 0 aliphatic carbocycles. The van der Waals surface area contributed by atoms with Crippen molar-refractivity contribution in [2.24, 2.45) is 0 Å². The first kappa shape index (κ1) is 14.9. The lowest BCUT2D eigenvalue weighted by molar-refractivity contribution is -0.262. The predicted octanol–water partition coefficient (Wildman–Crippen LogP) is 1.83. The molecule has 2 aliphatic rings. The van der Waals surface area contributed by atoms with Gasteiger partial charge in [-0.2, -0.15) is 0 Å². The summed E-state index contributed by atoms with van der Waals surface area (Å²) in [6, 6.07) is 9.95. The van der Waals surface area contributed by atoms with E-state index >= 15 is 0 Å². The van der Waals surface area contributed by atoms with Crippen LogP contribution < -0.4 is 0 Å². The number of aliphatic hydroxyl groups excluding tert-OH is 1. The first-order chi connectivity index (χ1) is 9.96. The number of benzene rings is 1. The monoisotopic (exact) mass is 294 g/mol. The number of fused-ring (bicyclic) bond motifs is 1. The molecule has 5 nitrogen and oxygen atoms in total. The second kappa shape index (κ2) is 5.66. The molecule has 5 heteroatoms. The number of rotatable bonds is 3. The van der Waals surface area contributed by atoms with Gasteiger partial charge in [-0.15, -0.1) is 0 Å². The van der Waals surface area contributed by atoms with E-state index < -0.39 is 18.2 Å². The van der Waals surface area contributed by atoms with Gasteiger partial charge in [0.05, 0.1) is 12.7 Å². The van der Waals surface area contributed by atoms with Crippen molar-refractivity contribution in [2.45, 2.75) is 63.9 Å². The number of hydrogen-bond acceptors (Lipinski definition) is 5. The molecule has 0 amide bonds. The molecule has 1 aromatic carbocycles. The predicted molar refractivity (Wildman–Crippen MR) is 75.4 cm³/mol. The molecule has 0 radical (unpaired) electrons. The lowest BCUT2D eigenvalue weighted by Crippen LogP contribution is -2.56. The van der Waals surface area contributed by atoms with Gasteiger partial charge in [-0.1, -0.05) is 30.3 Å². The second-order valence-corrected chi connectivity index (χ2v) is 6.06. The highest BCUT2D eigenvalue weighted by Crippen LogP contribution is 2.38. The quantitative estimate of drug-likeness (QED) is 0.921. The van der Waals surface area contributed by atoms with Gasteiger partial charge in [-0.25, -0.2) is 0 Å². The summed E-state index contributed by atoms with van der Waals surface area (Å²) in [7, 11) is 0. The van der Waals surface area contributed by atoms with Crippen LogP contribution in [0.25, 0.3) is 0 Å². The molecule has 0 saturated carbocycles. The van der Waals surface area contributed by atoms with E-state index in [1.54, 1.807) is 0 Å². The topological polar surface area (TPSA) is 57.2 Å². The zero-order valence-electron chi connectivity index (χ0n) is 12.6. The van der Waals surface area contributed by atoms with Crippen LogP contribution in [0.5, 0.6) is 0 Å². The fourth-order valence-corrected chi connectivity index (χ4v) is 2.93. The molecule has 1 N–H and O–H groups in total. The molecule has 1 aromatic rings. The van der Waals surface area contributed by atoms with Crippen LogP contribution in [0, 0.1) is 0 Å². The highest BCUT2D eigenvalue weighted by Gasteiger charge is 2.54. The van der Waals surface area contributed by atoms with Crippen molar-refractivity contribution < 1.29 is 24.1 Å². The van der Waals surface area contributed by atoms with Gasteiger partial charge in [0.25, 0.3) is 0 Å². The Morgan fingerprint density at radius 1 is 1.14 bits per heavy atom. The van der Waals surface area contributed by atoms with Gasteiger partial charge < -0.3 is 24.1 Å². The van der Waals surface area contributed by atoms with Gasteiger partial charge in [-0.3, -0.25) is 0 Å². The Balaban J connectivity index is 1.71. The lowest BCUT2D eigenvalue weighted by Gasteiger charge is -2.38. The second-order valence-electron chi connectivity index (χ2n) is 6.06. The van der Waals surface area contributed by atoms with Gasteiger partial charge in [-0.05, 0) is 26.3 Å². The smallest absolute Gasteiger partial charge is 0.184 e. The molecule has 5 atom stereocenters. The maximum atomic E-state index is 10.0. The van der Waals surface area contributed by atoms with E-state index in [-0.39, 0.29) is 18.3 Å². The minimum atomic E-state index is -0.983. The third-order valence-electron chi connectivity index (χ3n) is 3.87. The van der Waals surface area contributed by atoms with E-state index in [0.717, 1.165) is 5.56 Å². The van der Waals surface area contributed by atoms with Crippen molar-refractivity contribution in [3.05, 3.63) is 35.9 Å². The van der Waals surface area contributed by atoms with Crippen LogP contribution >= 0.6 is 0 Å². The standard InChI is InChI=1S/C16H22O5/c1-10-12(18-9-11-7-5-4-6-8-11)13-14(15(17)19-10)21-16(2,3)20-13/h4-8,10,12-15,17H,9H2,1-3H3. The normalized spacial score (nSPS) is 38.2. The Morgan fingerprint density at radius 3 is 2.52 bits per heavy atom. The van der Waals surface area contributed by atoms with Crippen molar-refractivity contribution >= 4 is 0 Å². The van der Waals surface area contributed by atoms with Crippen molar-refractivity contribution in [2.75, 3.05) is 0 Å². The van der Waals surface area contributed by atoms with Crippen LogP contribution in [-0.2, 0) is 25.6 Å². The first-order valence-corrected chi connectivity index (χ1v) is 7.31. The lowest BCUT2D eigenvalue weighted by atomic mass is 10.00. The SMILES string of the molecule is CC1OC(O)C2OC(C)(C)OC2C1OCc1ccccc1. The number of ether oxygens (including phenoxy) is 4. The fraction of sp³-hybridized carbons (Fsp3) is 0.625. The molecule has 21 heavy (non-hydrogen) atoms. The van der Waals surface area contributed by atoms with Gasteiger partial charge in [0.1, 0.15) is 18.3 Å². The minimum Gasteiger partial charge on any atom is -0.368 e. The Bertz CT molecular complexity index is 475. The summed E-state index contributed by atoms with van der Waals surface area (Å²) in [6.07, 6.45) is -2.37. The van der Waals surface area contributed by atoms with Crippen LogP contribution in [-0.4, -0.2) is 41.6 Å². The third kappa shape index (κ3) is 3.12. The van der Waals surface area contributed by atoms with E-state index in [0.29, 0.717) is 6.61 Å². The fourth-order valence-electron chi connectivity index (χ4n) is 2.93. The maximum Gasteiger partial charge on any atom is 0.184 e. The highest BCUT2D eigenvalue weighted by atomic mass is 16.8. The summed E-state index contributed by atoms with van der Waals surface area (Å²) in [5.74, 6) is -0.738. The average molecular weight is 294 g/mol. The van der Waals surface area contributed by atoms with Crippen LogP contribution in [0.2, 0.25) is 0 Å². The Kier molecular flexibility index (Phi) is 4.03. The average Bonchev–Trinajstić information content (AvgIpc) is 2.76. The van der Waals surface area contributed by atoms with Gasteiger partial charge in [0.15, 0.2) is 12.1 Å². The molecule has 0 aromatic heterocycles. The third-order valence-corrected chi connectivity index (χ3v) is 3.87. The molecule has 116 valence electrons.